The predicted molar refractivity (Wildman–Crippen MR) is 70.3 cm³/mol. The van der Waals surface area contributed by atoms with E-state index in [1.165, 1.54) is 5.57 Å². The molecule has 1 aromatic carbocycles. The van der Waals surface area contributed by atoms with Crippen LogP contribution >= 0.6 is 0 Å². The Morgan fingerprint density at radius 1 is 1.35 bits per heavy atom. The molecular formula is C14H20N2O. The van der Waals surface area contributed by atoms with Gasteiger partial charge in [-0.3, -0.25) is 4.90 Å². The number of phenols is 1. The third kappa shape index (κ3) is 3.88. The molecule has 3 heteroatoms. The molecule has 0 amide bonds. The van der Waals surface area contributed by atoms with E-state index in [2.05, 4.69) is 16.8 Å². The number of hydrogen-bond acceptors (Lipinski definition) is 3. The standard InChI is InChI=1S/C14H20N2O/c1-12(11-16-7-5-15-6-8-16)9-13-3-2-4-14(17)10-13/h2-4,10,15,17H,1,5-9,11H2. The molecule has 0 bridgehead atoms. The van der Waals surface area contributed by atoms with Crippen LogP contribution in [0.4, 0.5) is 0 Å². The van der Waals surface area contributed by atoms with E-state index in [9.17, 15) is 5.11 Å². The van der Waals surface area contributed by atoms with Crippen molar-refractivity contribution in [1.29, 1.82) is 0 Å². The first-order valence-electron chi connectivity index (χ1n) is 6.11. The minimum absolute atomic E-state index is 0.331. The van der Waals surface area contributed by atoms with Crippen LogP contribution in [-0.2, 0) is 6.42 Å². The van der Waals surface area contributed by atoms with Gasteiger partial charge in [-0.05, 0) is 24.1 Å². The van der Waals surface area contributed by atoms with Gasteiger partial charge in [0.25, 0.3) is 0 Å². The first-order chi connectivity index (χ1) is 8.24. The summed E-state index contributed by atoms with van der Waals surface area (Å²) in [4.78, 5) is 2.42. The highest BCUT2D eigenvalue weighted by Gasteiger charge is 2.10. The molecule has 1 aromatic rings. The minimum atomic E-state index is 0.331. The highest BCUT2D eigenvalue weighted by Crippen LogP contribution is 2.14. The first-order valence-corrected chi connectivity index (χ1v) is 6.11. The van der Waals surface area contributed by atoms with Gasteiger partial charge in [0, 0.05) is 32.7 Å². The summed E-state index contributed by atoms with van der Waals surface area (Å²) >= 11 is 0. The van der Waals surface area contributed by atoms with Crippen LogP contribution < -0.4 is 5.32 Å². The molecule has 1 aliphatic heterocycles. The molecule has 0 aliphatic carbocycles. The minimum Gasteiger partial charge on any atom is -0.508 e. The van der Waals surface area contributed by atoms with E-state index in [-0.39, 0.29) is 0 Å². The summed E-state index contributed by atoms with van der Waals surface area (Å²) in [5.41, 5.74) is 2.34. The van der Waals surface area contributed by atoms with Crippen molar-refractivity contribution in [3.63, 3.8) is 0 Å². The molecule has 92 valence electrons. The normalized spacial score (nSPS) is 16.9. The van der Waals surface area contributed by atoms with Gasteiger partial charge < -0.3 is 10.4 Å². The van der Waals surface area contributed by atoms with E-state index in [0.29, 0.717) is 5.75 Å². The maximum atomic E-state index is 9.40. The number of phenolic OH excluding ortho intramolecular Hbond substituents is 1. The Kier molecular flexibility index (Phi) is 4.18. The van der Waals surface area contributed by atoms with E-state index < -0.39 is 0 Å². The maximum absolute atomic E-state index is 9.40. The fourth-order valence-corrected chi connectivity index (χ4v) is 2.20. The van der Waals surface area contributed by atoms with Gasteiger partial charge in [0.1, 0.15) is 5.75 Å². The number of benzene rings is 1. The Labute approximate surface area is 103 Å². The highest BCUT2D eigenvalue weighted by atomic mass is 16.3. The number of nitrogens with one attached hydrogen (secondary N) is 1. The van der Waals surface area contributed by atoms with E-state index in [0.717, 1.165) is 44.7 Å². The molecular weight excluding hydrogens is 212 g/mol. The van der Waals surface area contributed by atoms with Gasteiger partial charge in [-0.25, -0.2) is 0 Å². The lowest BCUT2D eigenvalue weighted by molar-refractivity contribution is 0.258. The molecule has 0 unspecified atom stereocenters. The lowest BCUT2D eigenvalue weighted by Crippen LogP contribution is -2.44. The second-order valence-electron chi connectivity index (χ2n) is 4.62. The van der Waals surface area contributed by atoms with Crippen molar-refractivity contribution < 1.29 is 5.11 Å². The second kappa shape index (κ2) is 5.84. The highest BCUT2D eigenvalue weighted by molar-refractivity contribution is 5.30. The SMILES string of the molecule is C=C(Cc1cccc(O)c1)CN1CCNCC1. The molecule has 2 N–H and O–H groups in total. The molecule has 0 aromatic heterocycles. The van der Waals surface area contributed by atoms with E-state index in [1.54, 1.807) is 6.07 Å². The summed E-state index contributed by atoms with van der Waals surface area (Å²) in [6.45, 7) is 9.42. The zero-order valence-corrected chi connectivity index (χ0v) is 10.2. The quantitative estimate of drug-likeness (QED) is 0.770. The Hall–Kier alpha value is -1.32. The predicted octanol–water partition coefficient (Wildman–Crippen LogP) is 1.40. The fraction of sp³-hybridized carbons (Fsp3) is 0.429. The van der Waals surface area contributed by atoms with Crippen LogP contribution in [0.5, 0.6) is 5.75 Å². The molecule has 1 saturated heterocycles. The number of aromatic hydroxyl groups is 1. The second-order valence-corrected chi connectivity index (χ2v) is 4.62. The van der Waals surface area contributed by atoms with Crippen molar-refractivity contribution in [2.75, 3.05) is 32.7 Å². The van der Waals surface area contributed by atoms with Gasteiger partial charge in [-0.2, -0.15) is 0 Å². The van der Waals surface area contributed by atoms with Crippen molar-refractivity contribution in [2.24, 2.45) is 0 Å². The Morgan fingerprint density at radius 2 is 2.12 bits per heavy atom. The Morgan fingerprint density at radius 3 is 2.82 bits per heavy atom. The summed E-state index contributed by atoms with van der Waals surface area (Å²) in [7, 11) is 0. The van der Waals surface area contributed by atoms with Gasteiger partial charge in [0.15, 0.2) is 0 Å². The van der Waals surface area contributed by atoms with Crippen LogP contribution in [-0.4, -0.2) is 42.7 Å². The first kappa shape index (κ1) is 12.1. The monoisotopic (exact) mass is 232 g/mol. The summed E-state index contributed by atoms with van der Waals surface area (Å²) in [5, 5.41) is 12.7. The summed E-state index contributed by atoms with van der Waals surface area (Å²) in [6, 6.07) is 7.41. The topological polar surface area (TPSA) is 35.5 Å². The average Bonchev–Trinajstić information content (AvgIpc) is 2.30. The van der Waals surface area contributed by atoms with Crippen molar-refractivity contribution in [3.05, 3.63) is 42.0 Å². The number of hydrogen-bond donors (Lipinski definition) is 2. The Balaban J connectivity index is 1.84. The lowest BCUT2D eigenvalue weighted by atomic mass is 10.1. The molecule has 0 saturated carbocycles. The van der Waals surface area contributed by atoms with Crippen LogP contribution in [0.2, 0.25) is 0 Å². The molecule has 1 aliphatic rings. The fourth-order valence-electron chi connectivity index (χ4n) is 2.20. The van der Waals surface area contributed by atoms with Crippen LogP contribution in [0.1, 0.15) is 5.56 Å². The van der Waals surface area contributed by atoms with E-state index >= 15 is 0 Å². The molecule has 0 atom stereocenters. The van der Waals surface area contributed by atoms with Gasteiger partial charge in [-0.15, -0.1) is 0 Å². The van der Waals surface area contributed by atoms with Gasteiger partial charge in [-0.1, -0.05) is 24.3 Å². The molecule has 1 heterocycles. The summed E-state index contributed by atoms with van der Waals surface area (Å²) in [5.74, 6) is 0.331. The third-order valence-corrected chi connectivity index (χ3v) is 3.02. The number of nitrogens with zero attached hydrogens (tertiary/aromatic N) is 1. The number of piperazine rings is 1. The number of rotatable bonds is 4. The van der Waals surface area contributed by atoms with Gasteiger partial charge in [0.05, 0.1) is 0 Å². The van der Waals surface area contributed by atoms with Crippen LogP contribution in [0, 0.1) is 0 Å². The maximum Gasteiger partial charge on any atom is 0.115 e. The zero-order chi connectivity index (χ0) is 12.1. The van der Waals surface area contributed by atoms with Gasteiger partial charge in [0.2, 0.25) is 0 Å². The molecule has 0 spiro atoms. The van der Waals surface area contributed by atoms with Crippen molar-refractivity contribution >= 4 is 0 Å². The van der Waals surface area contributed by atoms with Crippen molar-refractivity contribution in [3.8, 4) is 5.75 Å². The van der Waals surface area contributed by atoms with Crippen LogP contribution in [0.3, 0.4) is 0 Å². The van der Waals surface area contributed by atoms with Crippen molar-refractivity contribution in [2.45, 2.75) is 6.42 Å². The summed E-state index contributed by atoms with van der Waals surface area (Å²) < 4.78 is 0. The van der Waals surface area contributed by atoms with E-state index in [1.807, 2.05) is 18.2 Å². The summed E-state index contributed by atoms with van der Waals surface area (Å²) in [6.07, 6.45) is 0.846. The van der Waals surface area contributed by atoms with Gasteiger partial charge >= 0.3 is 0 Å². The largest absolute Gasteiger partial charge is 0.508 e. The van der Waals surface area contributed by atoms with Crippen molar-refractivity contribution in [1.82, 2.24) is 10.2 Å². The average molecular weight is 232 g/mol. The molecule has 2 rings (SSSR count). The molecule has 1 fully saturated rings. The van der Waals surface area contributed by atoms with Crippen LogP contribution in [0.25, 0.3) is 0 Å². The smallest absolute Gasteiger partial charge is 0.115 e. The molecule has 3 nitrogen and oxygen atoms in total. The third-order valence-electron chi connectivity index (χ3n) is 3.02. The van der Waals surface area contributed by atoms with E-state index in [4.69, 9.17) is 0 Å². The van der Waals surface area contributed by atoms with Crippen LogP contribution in [0.15, 0.2) is 36.4 Å². The lowest BCUT2D eigenvalue weighted by Gasteiger charge is -2.27. The Bertz CT molecular complexity index is 384. The molecule has 0 radical (unpaired) electrons. The molecule has 17 heavy (non-hydrogen) atoms. The zero-order valence-electron chi connectivity index (χ0n) is 10.2.